The van der Waals surface area contributed by atoms with Crippen molar-refractivity contribution in [3.05, 3.63) is 5.38 Å². The molecule has 0 aliphatic heterocycles. The largest absolute Gasteiger partial charge is 0.315 e. The van der Waals surface area contributed by atoms with Crippen LogP contribution in [0.1, 0.15) is 0 Å². The van der Waals surface area contributed by atoms with Crippen LogP contribution in [0, 0.1) is 0 Å². The molecule has 0 aromatic carbocycles. The van der Waals surface area contributed by atoms with Crippen LogP contribution in [0.5, 0.6) is 0 Å². The molecule has 0 spiro atoms. The Labute approximate surface area is 64.4 Å². The maximum atomic E-state index is 11.6. The van der Waals surface area contributed by atoms with Gasteiger partial charge in [0.2, 0.25) is 0 Å². The summed E-state index contributed by atoms with van der Waals surface area (Å²) in [6, 6.07) is 0. The summed E-state index contributed by atoms with van der Waals surface area (Å²) in [5, 5.41) is 6.57. The Morgan fingerprint density at radius 2 is 2.45 bits per heavy atom. The molecule has 11 heavy (non-hydrogen) atoms. The zero-order chi connectivity index (χ0) is 8.27. The summed E-state index contributed by atoms with van der Waals surface area (Å²) >= 11 is 0.973. The topological polar surface area (TPSA) is 54.9 Å². The lowest BCUT2D eigenvalue weighted by molar-refractivity contribution is -0.126. The maximum Gasteiger partial charge on any atom is 0.315 e. The molecule has 1 N–H and O–H groups in total. The number of hydrogen-bond donors (Lipinski definition) is 1. The van der Waals surface area contributed by atoms with Gasteiger partial charge in [-0.25, -0.2) is 0 Å². The van der Waals surface area contributed by atoms with Crippen LogP contribution in [0.25, 0.3) is 0 Å². The highest BCUT2D eigenvalue weighted by atomic mass is 32.1. The van der Waals surface area contributed by atoms with E-state index in [-0.39, 0.29) is 5.82 Å². The van der Waals surface area contributed by atoms with E-state index in [0.717, 1.165) is 11.5 Å². The van der Waals surface area contributed by atoms with Crippen LogP contribution in [0.4, 0.5) is 14.6 Å². The van der Waals surface area contributed by atoms with E-state index in [1.807, 2.05) is 5.32 Å². The number of nitrogens with zero attached hydrogens (tertiary/aromatic N) is 2. The predicted octanol–water partition coefficient (Wildman–Crippen LogP) is 0.742. The molecule has 1 rings (SSSR count). The van der Waals surface area contributed by atoms with Crippen LogP contribution in [0.3, 0.4) is 0 Å². The van der Waals surface area contributed by atoms with Crippen molar-refractivity contribution >= 4 is 23.3 Å². The number of rotatable bonds is 2. The molecule has 1 amide bonds. The first-order valence-electron chi connectivity index (χ1n) is 2.56. The molecule has 0 aliphatic rings. The van der Waals surface area contributed by atoms with Crippen LogP contribution in [-0.4, -0.2) is 21.9 Å². The van der Waals surface area contributed by atoms with E-state index in [9.17, 15) is 13.6 Å². The molecule has 1 heterocycles. The van der Waals surface area contributed by atoms with Gasteiger partial charge in [0.1, 0.15) is 0 Å². The summed E-state index contributed by atoms with van der Waals surface area (Å²) < 4.78 is 26.5. The van der Waals surface area contributed by atoms with Crippen LogP contribution in [0.2, 0.25) is 0 Å². The lowest BCUT2D eigenvalue weighted by atomic mass is 10.6. The van der Waals surface area contributed by atoms with Crippen molar-refractivity contribution in [2.75, 3.05) is 5.32 Å². The van der Waals surface area contributed by atoms with Gasteiger partial charge >= 0.3 is 6.43 Å². The first-order chi connectivity index (χ1) is 5.20. The number of nitrogens with one attached hydrogen (secondary N) is 1. The third-order valence-corrected chi connectivity index (χ3v) is 1.31. The van der Waals surface area contributed by atoms with Crippen molar-refractivity contribution in [2.24, 2.45) is 0 Å². The van der Waals surface area contributed by atoms with Gasteiger partial charge in [0.15, 0.2) is 5.82 Å². The Hall–Kier alpha value is -1.11. The lowest BCUT2D eigenvalue weighted by Crippen LogP contribution is -2.20. The van der Waals surface area contributed by atoms with Gasteiger partial charge in [-0.2, -0.15) is 8.78 Å². The van der Waals surface area contributed by atoms with Crippen molar-refractivity contribution < 1.29 is 13.6 Å². The van der Waals surface area contributed by atoms with E-state index in [1.165, 1.54) is 5.38 Å². The van der Waals surface area contributed by atoms with E-state index < -0.39 is 12.3 Å². The number of aromatic nitrogens is 2. The molecule has 60 valence electrons. The number of hydrogen-bond acceptors (Lipinski definition) is 4. The van der Waals surface area contributed by atoms with Crippen molar-refractivity contribution in [3.8, 4) is 0 Å². The van der Waals surface area contributed by atoms with E-state index in [2.05, 4.69) is 9.59 Å². The maximum absolute atomic E-state index is 11.6. The fourth-order valence-corrected chi connectivity index (χ4v) is 0.788. The summed E-state index contributed by atoms with van der Waals surface area (Å²) in [6.45, 7) is 0. The summed E-state index contributed by atoms with van der Waals surface area (Å²) in [6.07, 6.45) is -3.02. The number of amides is 1. The van der Waals surface area contributed by atoms with Crippen molar-refractivity contribution in [1.82, 2.24) is 9.59 Å². The normalized spacial score (nSPS) is 10.1. The van der Waals surface area contributed by atoms with Gasteiger partial charge in [-0.15, -0.1) is 5.10 Å². The van der Waals surface area contributed by atoms with Crippen molar-refractivity contribution in [3.63, 3.8) is 0 Å². The molecule has 1 aromatic rings. The van der Waals surface area contributed by atoms with E-state index in [4.69, 9.17) is 0 Å². The fraction of sp³-hybridized carbons (Fsp3) is 0.250. The minimum Gasteiger partial charge on any atom is -0.303 e. The Bertz CT molecular complexity index is 237. The summed E-state index contributed by atoms with van der Waals surface area (Å²) in [4.78, 5) is 10.3. The molecule has 0 aliphatic carbocycles. The van der Waals surface area contributed by atoms with E-state index in [0.29, 0.717) is 0 Å². The summed E-state index contributed by atoms with van der Waals surface area (Å²) in [7, 11) is 0. The van der Waals surface area contributed by atoms with Crippen LogP contribution in [-0.2, 0) is 4.79 Å². The quantitative estimate of drug-likeness (QED) is 0.728. The monoisotopic (exact) mass is 179 g/mol. The minimum atomic E-state index is -3.02. The molecule has 0 unspecified atom stereocenters. The molecule has 0 saturated heterocycles. The standard InChI is InChI=1S/C4H3F2N3OS/c5-3(6)4(10)7-2-1-11-9-8-2/h1,3H,(H,7,10). The number of carbonyl (C=O) groups is 1. The Morgan fingerprint density at radius 1 is 1.73 bits per heavy atom. The number of alkyl halides is 2. The van der Waals surface area contributed by atoms with Gasteiger partial charge in [0, 0.05) is 0 Å². The molecule has 0 atom stereocenters. The predicted molar refractivity (Wildman–Crippen MR) is 34.5 cm³/mol. The smallest absolute Gasteiger partial charge is 0.303 e. The second-order valence-corrected chi connectivity index (χ2v) is 2.19. The van der Waals surface area contributed by atoms with Gasteiger partial charge in [0.05, 0.1) is 5.38 Å². The van der Waals surface area contributed by atoms with Gasteiger partial charge < -0.3 is 5.32 Å². The Kier molecular flexibility index (Phi) is 2.42. The number of halogens is 2. The van der Waals surface area contributed by atoms with Crippen molar-refractivity contribution in [1.29, 1.82) is 0 Å². The number of anilines is 1. The van der Waals surface area contributed by atoms with Crippen LogP contribution in [0.15, 0.2) is 5.38 Å². The first-order valence-corrected chi connectivity index (χ1v) is 3.40. The van der Waals surface area contributed by atoms with Gasteiger partial charge in [-0.05, 0) is 11.5 Å². The third-order valence-electron chi connectivity index (χ3n) is 0.810. The summed E-state index contributed by atoms with van der Waals surface area (Å²) in [5.74, 6) is -1.31. The highest BCUT2D eigenvalue weighted by Crippen LogP contribution is 2.04. The molecule has 0 fully saturated rings. The second kappa shape index (κ2) is 3.33. The average molecular weight is 179 g/mol. The number of carbonyl (C=O) groups excluding carboxylic acids is 1. The van der Waals surface area contributed by atoms with Crippen LogP contribution < -0.4 is 5.32 Å². The van der Waals surface area contributed by atoms with Gasteiger partial charge in [0.25, 0.3) is 5.91 Å². The highest BCUT2D eigenvalue weighted by Gasteiger charge is 2.15. The zero-order valence-corrected chi connectivity index (χ0v) is 5.94. The SMILES string of the molecule is O=C(Nc1csnn1)C(F)F. The zero-order valence-electron chi connectivity index (χ0n) is 5.12. The second-order valence-electron chi connectivity index (χ2n) is 1.58. The molecule has 0 saturated carbocycles. The third kappa shape index (κ3) is 2.19. The van der Waals surface area contributed by atoms with Crippen molar-refractivity contribution in [2.45, 2.75) is 6.43 Å². The molecule has 7 heteroatoms. The average Bonchev–Trinajstić information content (AvgIpc) is 2.39. The molecular formula is C4H3F2N3OS. The molecule has 0 bridgehead atoms. The lowest BCUT2D eigenvalue weighted by Gasteiger charge is -1.96. The van der Waals surface area contributed by atoms with E-state index >= 15 is 0 Å². The highest BCUT2D eigenvalue weighted by molar-refractivity contribution is 7.03. The van der Waals surface area contributed by atoms with Gasteiger partial charge in [-0.1, -0.05) is 4.49 Å². The minimum absolute atomic E-state index is 0.0558. The Balaban J connectivity index is 2.50. The molecule has 1 aromatic heterocycles. The Morgan fingerprint density at radius 3 is 2.91 bits per heavy atom. The first kappa shape index (κ1) is 7.99. The molecule has 0 radical (unpaired) electrons. The van der Waals surface area contributed by atoms with E-state index in [1.54, 1.807) is 0 Å². The van der Waals surface area contributed by atoms with Crippen LogP contribution >= 0.6 is 11.5 Å². The fourth-order valence-electron chi connectivity index (χ4n) is 0.400. The molecule has 4 nitrogen and oxygen atoms in total. The summed E-state index contributed by atoms with van der Waals surface area (Å²) in [5.41, 5.74) is 0. The molecular weight excluding hydrogens is 176 g/mol. The van der Waals surface area contributed by atoms with Gasteiger partial charge in [-0.3, -0.25) is 4.79 Å².